The third-order valence-electron chi connectivity index (χ3n) is 3.08. The van der Waals surface area contributed by atoms with Crippen LogP contribution in [0.15, 0.2) is 50.4 Å². The molecule has 0 saturated heterocycles. The van der Waals surface area contributed by atoms with Crippen LogP contribution < -0.4 is 14.9 Å². The summed E-state index contributed by atoms with van der Waals surface area (Å²) in [6.45, 7) is 1.82. The maximum atomic E-state index is 11.8. The van der Waals surface area contributed by atoms with E-state index < -0.39 is 0 Å². The molecule has 1 N–H and O–H groups in total. The molecule has 126 valence electrons. The molecule has 0 fully saturated rings. The minimum absolute atomic E-state index is 0.0990. The highest BCUT2D eigenvalue weighted by molar-refractivity contribution is 9.11. The normalized spacial score (nSPS) is 10.7. The number of methoxy groups -OCH3 is 1. The van der Waals surface area contributed by atoms with Gasteiger partial charge in [-0.15, -0.1) is 0 Å². The summed E-state index contributed by atoms with van der Waals surface area (Å²) in [5.74, 6) is 1.05. The monoisotopic (exact) mass is 454 g/mol. The van der Waals surface area contributed by atoms with Gasteiger partial charge >= 0.3 is 0 Å². The van der Waals surface area contributed by atoms with Gasteiger partial charge < -0.3 is 9.47 Å². The van der Waals surface area contributed by atoms with E-state index in [4.69, 9.17) is 9.47 Å². The molecule has 7 heteroatoms. The van der Waals surface area contributed by atoms with Crippen LogP contribution in [-0.2, 0) is 4.79 Å². The van der Waals surface area contributed by atoms with Crippen molar-refractivity contribution in [2.75, 3.05) is 13.7 Å². The third kappa shape index (κ3) is 5.07. The van der Waals surface area contributed by atoms with Crippen molar-refractivity contribution < 1.29 is 14.3 Å². The van der Waals surface area contributed by atoms with E-state index in [-0.39, 0.29) is 12.5 Å². The number of benzene rings is 2. The van der Waals surface area contributed by atoms with Crippen molar-refractivity contribution in [2.45, 2.75) is 6.92 Å². The first-order valence-corrected chi connectivity index (χ1v) is 8.63. The molecule has 0 bridgehead atoms. The number of nitrogens with one attached hydrogen (secondary N) is 1. The second-order valence-electron chi connectivity index (χ2n) is 4.87. The molecule has 0 spiro atoms. The number of amides is 1. The van der Waals surface area contributed by atoms with Crippen LogP contribution in [-0.4, -0.2) is 25.8 Å². The van der Waals surface area contributed by atoms with E-state index >= 15 is 0 Å². The van der Waals surface area contributed by atoms with Crippen LogP contribution in [0, 0.1) is 6.92 Å². The number of carbonyl (C=O) groups excluding carboxylic acids is 1. The van der Waals surface area contributed by atoms with Crippen molar-refractivity contribution in [1.82, 2.24) is 5.43 Å². The minimum atomic E-state index is -0.332. The minimum Gasteiger partial charge on any atom is -0.494 e. The van der Waals surface area contributed by atoms with Crippen LogP contribution in [0.2, 0.25) is 0 Å². The second-order valence-corrected chi connectivity index (χ2v) is 6.57. The first kappa shape index (κ1) is 18.5. The van der Waals surface area contributed by atoms with Crippen molar-refractivity contribution in [2.24, 2.45) is 5.10 Å². The number of carbonyl (C=O) groups is 1. The Bertz CT molecular complexity index is 740. The summed E-state index contributed by atoms with van der Waals surface area (Å²) in [5, 5.41) is 3.93. The van der Waals surface area contributed by atoms with E-state index in [2.05, 4.69) is 42.4 Å². The molecule has 0 heterocycles. The second kappa shape index (κ2) is 8.84. The van der Waals surface area contributed by atoms with Crippen LogP contribution in [0.5, 0.6) is 11.5 Å². The highest BCUT2D eigenvalue weighted by Gasteiger charge is 2.07. The van der Waals surface area contributed by atoms with Gasteiger partial charge in [0.15, 0.2) is 6.61 Å². The molecule has 0 aromatic heterocycles. The summed E-state index contributed by atoms with van der Waals surface area (Å²) >= 11 is 6.82. The summed E-state index contributed by atoms with van der Waals surface area (Å²) < 4.78 is 12.3. The highest BCUT2D eigenvalue weighted by Crippen LogP contribution is 2.33. The summed E-state index contributed by atoms with van der Waals surface area (Å²) in [7, 11) is 1.59. The molecular formula is C17H16Br2N2O3. The van der Waals surface area contributed by atoms with Gasteiger partial charge in [-0.1, -0.05) is 18.2 Å². The number of ether oxygens (including phenoxy) is 2. The van der Waals surface area contributed by atoms with Crippen molar-refractivity contribution >= 4 is 44.0 Å². The zero-order valence-corrected chi connectivity index (χ0v) is 16.3. The maximum Gasteiger partial charge on any atom is 0.277 e. The Kier molecular flexibility index (Phi) is 6.81. The van der Waals surface area contributed by atoms with Gasteiger partial charge in [-0.05, 0) is 68.1 Å². The molecule has 2 rings (SSSR count). The number of halogens is 2. The maximum absolute atomic E-state index is 11.8. The lowest BCUT2D eigenvalue weighted by Gasteiger charge is -2.08. The quantitative estimate of drug-likeness (QED) is 0.527. The van der Waals surface area contributed by atoms with Crippen molar-refractivity contribution in [3.63, 3.8) is 0 Å². The van der Waals surface area contributed by atoms with E-state index in [1.54, 1.807) is 13.3 Å². The molecule has 24 heavy (non-hydrogen) atoms. The molecule has 2 aromatic rings. The fraction of sp³-hybridized carbons (Fsp3) is 0.176. The largest absolute Gasteiger partial charge is 0.494 e. The van der Waals surface area contributed by atoms with E-state index in [1.165, 1.54) is 0 Å². The molecule has 0 aliphatic carbocycles. The number of aryl methyl sites for hydroxylation is 1. The molecule has 0 saturated carbocycles. The van der Waals surface area contributed by atoms with Crippen LogP contribution in [0.3, 0.4) is 0 Å². The fourth-order valence-corrected chi connectivity index (χ4v) is 3.47. The van der Waals surface area contributed by atoms with Gasteiger partial charge in [0.25, 0.3) is 5.91 Å². The molecular weight excluding hydrogens is 440 g/mol. The predicted octanol–water partition coefficient (Wildman–Crippen LogP) is 4.06. The SMILES string of the molecule is COc1c(Br)cc(/C=N/NC(=O)COc2ccccc2C)cc1Br. The Morgan fingerprint density at radius 3 is 2.54 bits per heavy atom. The molecule has 0 aliphatic rings. The number of hydrogen-bond acceptors (Lipinski definition) is 4. The van der Waals surface area contributed by atoms with Gasteiger partial charge in [0.2, 0.25) is 0 Å². The summed E-state index contributed by atoms with van der Waals surface area (Å²) in [6.07, 6.45) is 1.54. The number of nitrogens with zero attached hydrogens (tertiary/aromatic N) is 1. The molecule has 1 amide bonds. The lowest BCUT2D eigenvalue weighted by molar-refractivity contribution is -0.123. The average molecular weight is 456 g/mol. The van der Waals surface area contributed by atoms with Crippen LogP contribution in [0.1, 0.15) is 11.1 Å². The van der Waals surface area contributed by atoms with Crippen LogP contribution >= 0.6 is 31.9 Å². The summed E-state index contributed by atoms with van der Waals surface area (Å²) in [5.41, 5.74) is 4.21. The number of rotatable bonds is 6. The Labute approximate surface area is 157 Å². The van der Waals surface area contributed by atoms with E-state index in [0.29, 0.717) is 11.5 Å². The van der Waals surface area contributed by atoms with Gasteiger partial charge in [-0.2, -0.15) is 5.10 Å². The lowest BCUT2D eigenvalue weighted by atomic mass is 10.2. The zero-order valence-electron chi connectivity index (χ0n) is 13.2. The molecule has 0 unspecified atom stereocenters. The molecule has 5 nitrogen and oxygen atoms in total. The highest BCUT2D eigenvalue weighted by atomic mass is 79.9. The third-order valence-corrected chi connectivity index (χ3v) is 4.26. The van der Waals surface area contributed by atoms with E-state index in [9.17, 15) is 4.79 Å². The van der Waals surface area contributed by atoms with Gasteiger partial charge in [-0.3, -0.25) is 4.79 Å². The summed E-state index contributed by atoms with van der Waals surface area (Å²) in [6, 6.07) is 11.2. The van der Waals surface area contributed by atoms with Gasteiger partial charge in [0, 0.05) is 0 Å². The molecule has 0 aliphatic heterocycles. The van der Waals surface area contributed by atoms with Crippen molar-refractivity contribution in [3.8, 4) is 11.5 Å². The first-order chi connectivity index (χ1) is 11.5. The standard InChI is InChI=1S/C17H16Br2N2O3/c1-11-5-3-4-6-15(11)24-10-16(22)21-20-9-12-7-13(18)17(23-2)14(19)8-12/h3-9H,10H2,1-2H3,(H,21,22)/b20-9+. The predicted molar refractivity (Wildman–Crippen MR) is 101 cm³/mol. The fourth-order valence-electron chi connectivity index (χ4n) is 1.92. The van der Waals surface area contributed by atoms with E-state index in [0.717, 1.165) is 20.1 Å². The number of hydrogen-bond donors (Lipinski definition) is 1. The first-order valence-electron chi connectivity index (χ1n) is 7.04. The van der Waals surface area contributed by atoms with Crippen molar-refractivity contribution in [1.29, 1.82) is 0 Å². The molecule has 0 atom stereocenters. The number of hydrazone groups is 1. The Balaban J connectivity index is 1.90. The van der Waals surface area contributed by atoms with Gasteiger partial charge in [0.1, 0.15) is 11.5 Å². The number of para-hydroxylation sites is 1. The Hall–Kier alpha value is -1.86. The summed E-state index contributed by atoms with van der Waals surface area (Å²) in [4.78, 5) is 11.8. The van der Waals surface area contributed by atoms with Crippen LogP contribution in [0.25, 0.3) is 0 Å². The Morgan fingerprint density at radius 1 is 1.25 bits per heavy atom. The molecule has 2 aromatic carbocycles. The molecule has 0 radical (unpaired) electrons. The van der Waals surface area contributed by atoms with Gasteiger partial charge in [0.05, 0.1) is 22.3 Å². The lowest BCUT2D eigenvalue weighted by Crippen LogP contribution is -2.24. The zero-order chi connectivity index (χ0) is 17.5. The smallest absolute Gasteiger partial charge is 0.277 e. The average Bonchev–Trinajstić information content (AvgIpc) is 2.54. The van der Waals surface area contributed by atoms with E-state index in [1.807, 2.05) is 43.3 Å². The Morgan fingerprint density at radius 2 is 1.92 bits per heavy atom. The van der Waals surface area contributed by atoms with Crippen molar-refractivity contribution in [3.05, 3.63) is 56.5 Å². The topological polar surface area (TPSA) is 59.9 Å². The van der Waals surface area contributed by atoms with Gasteiger partial charge in [-0.25, -0.2) is 5.43 Å². The van der Waals surface area contributed by atoms with Crippen LogP contribution in [0.4, 0.5) is 0 Å².